The average molecular weight is 269 g/mol. The van der Waals surface area contributed by atoms with E-state index in [0.717, 1.165) is 19.0 Å². The van der Waals surface area contributed by atoms with Gasteiger partial charge >= 0.3 is 6.18 Å². The van der Waals surface area contributed by atoms with E-state index >= 15 is 0 Å². The van der Waals surface area contributed by atoms with Gasteiger partial charge in [0.15, 0.2) is 0 Å². The summed E-state index contributed by atoms with van der Waals surface area (Å²) in [6.07, 6.45) is 2.87. The smallest absolute Gasteiger partial charge is 0.314 e. The highest BCUT2D eigenvalue weighted by Crippen LogP contribution is 2.29. The Hall–Kier alpha value is -1.47. The van der Waals surface area contributed by atoms with Crippen LogP contribution >= 0.6 is 0 Å². The molecule has 0 aromatic heterocycles. The molecule has 1 rings (SSSR count). The van der Waals surface area contributed by atoms with Crippen molar-refractivity contribution in [3.8, 4) is 12.3 Å². The van der Waals surface area contributed by atoms with Gasteiger partial charge in [0.1, 0.15) is 0 Å². The SMILES string of the molecule is C#CCCC(Cc1cccc(C(F)(F)F)c1)NCC. The molecule has 4 heteroatoms. The van der Waals surface area contributed by atoms with Gasteiger partial charge in [-0.3, -0.25) is 0 Å². The van der Waals surface area contributed by atoms with Gasteiger partial charge in [0.25, 0.3) is 0 Å². The molecule has 19 heavy (non-hydrogen) atoms. The topological polar surface area (TPSA) is 12.0 Å². The van der Waals surface area contributed by atoms with Crippen molar-refractivity contribution in [2.45, 2.75) is 38.4 Å². The largest absolute Gasteiger partial charge is 0.416 e. The normalized spacial score (nSPS) is 13.0. The summed E-state index contributed by atoms with van der Waals surface area (Å²) in [6.45, 7) is 2.74. The Morgan fingerprint density at radius 1 is 1.37 bits per heavy atom. The highest BCUT2D eigenvalue weighted by atomic mass is 19.4. The number of hydrogen-bond acceptors (Lipinski definition) is 1. The summed E-state index contributed by atoms with van der Waals surface area (Å²) in [6, 6.07) is 5.58. The summed E-state index contributed by atoms with van der Waals surface area (Å²) in [4.78, 5) is 0. The minimum atomic E-state index is -4.29. The molecule has 0 saturated carbocycles. The minimum absolute atomic E-state index is 0.115. The Kier molecular flexibility index (Phi) is 5.91. The Morgan fingerprint density at radius 2 is 2.11 bits per heavy atom. The fourth-order valence-corrected chi connectivity index (χ4v) is 1.98. The maximum Gasteiger partial charge on any atom is 0.416 e. The van der Waals surface area contributed by atoms with Gasteiger partial charge in [0.2, 0.25) is 0 Å². The van der Waals surface area contributed by atoms with Crippen LogP contribution in [-0.2, 0) is 12.6 Å². The fraction of sp³-hybridized carbons (Fsp3) is 0.467. The lowest BCUT2D eigenvalue weighted by Crippen LogP contribution is -2.30. The summed E-state index contributed by atoms with van der Waals surface area (Å²) in [7, 11) is 0. The third-order valence-electron chi connectivity index (χ3n) is 2.87. The van der Waals surface area contributed by atoms with Crippen LogP contribution in [0.5, 0.6) is 0 Å². The van der Waals surface area contributed by atoms with Crippen molar-refractivity contribution >= 4 is 0 Å². The third kappa shape index (κ3) is 5.35. The first-order valence-electron chi connectivity index (χ1n) is 6.30. The molecule has 0 aliphatic heterocycles. The molecule has 1 aromatic rings. The number of terminal acetylenes is 1. The molecule has 0 fully saturated rings. The molecule has 0 saturated heterocycles. The predicted molar refractivity (Wildman–Crippen MR) is 70.7 cm³/mol. The molecule has 1 nitrogen and oxygen atoms in total. The lowest BCUT2D eigenvalue weighted by atomic mass is 10.00. The zero-order valence-electron chi connectivity index (χ0n) is 10.9. The van der Waals surface area contributed by atoms with Crippen molar-refractivity contribution in [3.63, 3.8) is 0 Å². The first-order chi connectivity index (χ1) is 8.97. The van der Waals surface area contributed by atoms with Gasteiger partial charge in [-0.2, -0.15) is 13.2 Å². The Morgan fingerprint density at radius 3 is 2.68 bits per heavy atom. The van der Waals surface area contributed by atoms with E-state index in [0.29, 0.717) is 18.4 Å². The molecule has 1 aromatic carbocycles. The number of hydrogen-bond donors (Lipinski definition) is 1. The molecule has 1 atom stereocenters. The number of nitrogens with one attached hydrogen (secondary N) is 1. The van der Waals surface area contributed by atoms with Crippen LogP contribution in [-0.4, -0.2) is 12.6 Å². The van der Waals surface area contributed by atoms with Crippen molar-refractivity contribution < 1.29 is 13.2 Å². The highest BCUT2D eigenvalue weighted by Gasteiger charge is 2.30. The molecule has 0 spiro atoms. The summed E-state index contributed by atoms with van der Waals surface area (Å²) >= 11 is 0. The van der Waals surface area contributed by atoms with Crippen molar-refractivity contribution in [1.29, 1.82) is 0 Å². The van der Waals surface area contributed by atoms with E-state index in [-0.39, 0.29) is 6.04 Å². The molecule has 104 valence electrons. The van der Waals surface area contributed by atoms with Gasteiger partial charge in [-0.05, 0) is 31.0 Å². The molecule has 0 amide bonds. The summed E-state index contributed by atoms with van der Waals surface area (Å²) in [5.74, 6) is 2.56. The van der Waals surface area contributed by atoms with Crippen LogP contribution < -0.4 is 5.32 Å². The first-order valence-corrected chi connectivity index (χ1v) is 6.30. The van der Waals surface area contributed by atoms with Crippen LogP contribution in [0.2, 0.25) is 0 Å². The van der Waals surface area contributed by atoms with Gasteiger partial charge in [-0.1, -0.05) is 25.1 Å². The Labute approximate surface area is 112 Å². The van der Waals surface area contributed by atoms with Crippen LogP contribution in [0.1, 0.15) is 30.9 Å². The maximum absolute atomic E-state index is 12.6. The van der Waals surface area contributed by atoms with Crippen LogP contribution in [0.25, 0.3) is 0 Å². The van der Waals surface area contributed by atoms with E-state index in [4.69, 9.17) is 6.42 Å². The molecule has 0 heterocycles. The first kappa shape index (κ1) is 15.6. The number of rotatable bonds is 6. The van der Waals surface area contributed by atoms with Gasteiger partial charge in [0.05, 0.1) is 5.56 Å². The zero-order valence-corrected chi connectivity index (χ0v) is 10.9. The van der Waals surface area contributed by atoms with E-state index in [2.05, 4.69) is 11.2 Å². The summed E-state index contributed by atoms with van der Waals surface area (Å²) < 4.78 is 37.8. The number of benzene rings is 1. The van der Waals surface area contributed by atoms with Crippen LogP contribution in [0.15, 0.2) is 24.3 Å². The molecular formula is C15H18F3N. The monoisotopic (exact) mass is 269 g/mol. The Bertz CT molecular complexity index is 432. The van der Waals surface area contributed by atoms with Crippen molar-refractivity contribution in [2.75, 3.05) is 6.54 Å². The van der Waals surface area contributed by atoms with E-state index in [1.807, 2.05) is 6.92 Å². The highest BCUT2D eigenvalue weighted by molar-refractivity contribution is 5.26. The van der Waals surface area contributed by atoms with E-state index < -0.39 is 11.7 Å². The van der Waals surface area contributed by atoms with E-state index in [9.17, 15) is 13.2 Å². The maximum atomic E-state index is 12.6. The van der Waals surface area contributed by atoms with Crippen molar-refractivity contribution in [1.82, 2.24) is 5.32 Å². The molecule has 0 aliphatic carbocycles. The van der Waals surface area contributed by atoms with Crippen molar-refractivity contribution in [2.24, 2.45) is 0 Å². The lowest BCUT2D eigenvalue weighted by molar-refractivity contribution is -0.137. The quantitative estimate of drug-likeness (QED) is 0.777. The molecule has 0 radical (unpaired) electrons. The number of likely N-dealkylation sites (N-methyl/N-ethyl adjacent to an activating group) is 1. The van der Waals surface area contributed by atoms with Crippen molar-refractivity contribution in [3.05, 3.63) is 35.4 Å². The van der Waals surface area contributed by atoms with E-state index in [1.54, 1.807) is 6.07 Å². The predicted octanol–water partition coefficient (Wildman–Crippen LogP) is 3.64. The molecule has 0 aliphatic rings. The number of halogens is 3. The summed E-state index contributed by atoms with van der Waals surface area (Å²) in [5, 5.41) is 3.25. The molecule has 0 bridgehead atoms. The second-order valence-electron chi connectivity index (χ2n) is 4.40. The van der Waals surface area contributed by atoms with Crippen LogP contribution in [0.4, 0.5) is 13.2 Å². The van der Waals surface area contributed by atoms with Gasteiger partial charge < -0.3 is 5.32 Å². The fourth-order valence-electron chi connectivity index (χ4n) is 1.98. The lowest BCUT2D eigenvalue weighted by Gasteiger charge is -2.17. The minimum Gasteiger partial charge on any atom is -0.314 e. The van der Waals surface area contributed by atoms with Gasteiger partial charge in [-0.25, -0.2) is 0 Å². The Balaban J connectivity index is 2.76. The van der Waals surface area contributed by atoms with Crippen LogP contribution in [0, 0.1) is 12.3 Å². The average Bonchev–Trinajstić information content (AvgIpc) is 2.35. The standard InChI is InChI=1S/C15H18F3N/c1-3-5-9-14(19-4-2)11-12-7-6-8-13(10-12)15(16,17)18/h1,6-8,10,14,19H,4-5,9,11H2,2H3. The van der Waals surface area contributed by atoms with Gasteiger partial charge in [0, 0.05) is 12.5 Å². The second-order valence-corrected chi connectivity index (χ2v) is 4.40. The number of alkyl halides is 3. The molecule has 1 N–H and O–H groups in total. The molecular weight excluding hydrogens is 251 g/mol. The summed E-state index contributed by atoms with van der Waals surface area (Å²) in [5.41, 5.74) is 0.0787. The molecule has 1 unspecified atom stereocenters. The second kappa shape index (κ2) is 7.20. The van der Waals surface area contributed by atoms with Gasteiger partial charge in [-0.15, -0.1) is 12.3 Å². The van der Waals surface area contributed by atoms with Crippen LogP contribution in [0.3, 0.4) is 0 Å². The zero-order chi connectivity index (χ0) is 14.3. The van der Waals surface area contributed by atoms with E-state index in [1.165, 1.54) is 12.1 Å². The third-order valence-corrected chi connectivity index (χ3v) is 2.87.